The molecule has 1 heterocycles. The molecule has 0 aliphatic heterocycles. The van der Waals surface area contributed by atoms with Gasteiger partial charge in [0.15, 0.2) is 5.78 Å². The van der Waals surface area contributed by atoms with E-state index in [1.807, 2.05) is 13.8 Å². The maximum atomic E-state index is 13.0. The molecule has 0 atom stereocenters. The lowest BCUT2D eigenvalue weighted by atomic mass is 9.81. The standard InChI is InChI=1S/C16H17FN2O2/c1-16(2,12-3-5-13(17)6-4-12)7-15-18-8-11(9-19-15)14(21)10-20/h3-6,8-9,20H,7,10H2,1-2H3. The maximum absolute atomic E-state index is 13.0. The SMILES string of the molecule is CC(C)(Cc1ncc(C(=O)CO)cn1)c1ccc(F)cc1. The average Bonchev–Trinajstić information content (AvgIpc) is 2.47. The van der Waals surface area contributed by atoms with Gasteiger partial charge in [0.1, 0.15) is 18.2 Å². The summed E-state index contributed by atoms with van der Waals surface area (Å²) in [5.74, 6) is -0.0733. The van der Waals surface area contributed by atoms with Crippen LogP contribution in [0.5, 0.6) is 0 Å². The van der Waals surface area contributed by atoms with Gasteiger partial charge in [0, 0.05) is 18.8 Å². The minimum absolute atomic E-state index is 0.254. The third-order valence-corrected chi connectivity index (χ3v) is 3.40. The van der Waals surface area contributed by atoms with Gasteiger partial charge < -0.3 is 5.11 Å². The van der Waals surface area contributed by atoms with E-state index in [0.29, 0.717) is 17.8 Å². The second-order valence-electron chi connectivity index (χ2n) is 5.54. The van der Waals surface area contributed by atoms with Crippen LogP contribution in [0.2, 0.25) is 0 Å². The molecule has 0 aliphatic rings. The average molecular weight is 288 g/mol. The van der Waals surface area contributed by atoms with E-state index in [0.717, 1.165) is 5.56 Å². The van der Waals surface area contributed by atoms with E-state index in [2.05, 4.69) is 9.97 Å². The van der Waals surface area contributed by atoms with Crippen LogP contribution in [0.15, 0.2) is 36.7 Å². The molecule has 1 N–H and O–H groups in total. The summed E-state index contributed by atoms with van der Waals surface area (Å²) in [7, 11) is 0. The monoisotopic (exact) mass is 288 g/mol. The molecule has 0 radical (unpaired) electrons. The largest absolute Gasteiger partial charge is 0.388 e. The van der Waals surface area contributed by atoms with Crippen molar-refractivity contribution in [2.75, 3.05) is 6.61 Å². The Hall–Kier alpha value is -2.14. The van der Waals surface area contributed by atoms with Crippen molar-refractivity contribution in [2.45, 2.75) is 25.7 Å². The van der Waals surface area contributed by atoms with Gasteiger partial charge in [-0.15, -0.1) is 0 Å². The number of hydrogen-bond acceptors (Lipinski definition) is 4. The van der Waals surface area contributed by atoms with E-state index >= 15 is 0 Å². The van der Waals surface area contributed by atoms with Gasteiger partial charge in [-0.25, -0.2) is 14.4 Å². The normalized spacial score (nSPS) is 11.4. The van der Waals surface area contributed by atoms with Crippen molar-refractivity contribution < 1.29 is 14.3 Å². The van der Waals surface area contributed by atoms with Crippen molar-refractivity contribution in [2.24, 2.45) is 0 Å². The number of aliphatic hydroxyl groups excluding tert-OH is 1. The molecule has 2 aromatic rings. The van der Waals surface area contributed by atoms with Gasteiger partial charge in [0.2, 0.25) is 0 Å². The summed E-state index contributed by atoms with van der Waals surface area (Å²) in [6, 6.07) is 6.36. The van der Waals surface area contributed by atoms with Crippen LogP contribution in [-0.4, -0.2) is 27.5 Å². The van der Waals surface area contributed by atoms with Crippen LogP contribution in [-0.2, 0) is 11.8 Å². The third-order valence-electron chi connectivity index (χ3n) is 3.40. The summed E-state index contributed by atoms with van der Waals surface area (Å²) in [4.78, 5) is 19.6. The quantitative estimate of drug-likeness (QED) is 0.858. The first kappa shape index (κ1) is 15.3. The number of halogens is 1. The molecule has 1 aromatic heterocycles. The lowest BCUT2D eigenvalue weighted by Gasteiger charge is -2.24. The number of carbonyl (C=O) groups excluding carboxylic acids is 1. The Morgan fingerprint density at radius 3 is 2.29 bits per heavy atom. The van der Waals surface area contributed by atoms with Crippen LogP contribution in [0.3, 0.4) is 0 Å². The first-order valence-corrected chi connectivity index (χ1v) is 6.63. The molecule has 0 amide bonds. The summed E-state index contributed by atoms with van der Waals surface area (Å²) in [5, 5.41) is 8.78. The van der Waals surface area contributed by atoms with Gasteiger partial charge >= 0.3 is 0 Å². The van der Waals surface area contributed by atoms with Crippen LogP contribution < -0.4 is 0 Å². The predicted octanol–water partition coefficient (Wildman–Crippen LogP) is 2.31. The molecule has 0 saturated carbocycles. The lowest BCUT2D eigenvalue weighted by molar-refractivity contribution is 0.0903. The van der Waals surface area contributed by atoms with E-state index in [1.54, 1.807) is 12.1 Å². The summed E-state index contributed by atoms with van der Waals surface area (Å²) >= 11 is 0. The topological polar surface area (TPSA) is 63.1 Å². The molecular weight excluding hydrogens is 271 g/mol. The van der Waals surface area contributed by atoms with Gasteiger partial charge in [0.25, 0.3) is 0 Å². The van der Waals surface area contributed by atoms with Crippen LogP contribution in [0, 0.1) is 5.82 Å². The van der Waals surface area contributed by atoms with Gasteiger partial charge in [-0.05, 0) is 23.1 Å². The van der Waals surface area contributed by atoms with Gasteiger partial charge in [-0.1, -0.05) is 26.0 Å². The minimum Gasteiger partial charge on any atom is -0.388 e. The fourth-order valence-corrected chi connectivity index (χ4v) is 2.08. The zero-order chi connectivity index (χ0) is 15.5. The van der Waals surface area contributed by atoms with E-state index in [-0.39, 0.29) is 11.2 Å². The first-order valence-electron chi connectivity index (χ1n) is 6.63. The van der Waals surface area contributed by atoms with E-state index in [1.165, 1.54) is 24.5 Å². The number of benzene rings is 1. The molecule has 0 aliphatic carbocycles. The smallest absolute Gasteiger partial charge is 0.191 e. The van der Waals surface area contributed by atoms with Crippen LogP contribution in [0.1, 0.15) is 35.6 Å². The Kier molecular flexibility index (Phi) is 4.43. The Labute approximate surface area is 122 Å². The Morgan fingerprint density at radius 1 is 1.19 bits per heavy atom. The molecule has 5 heteroatoms. The number of Topliss-reactive ketones (excluding diaryl/α,β-unsaturated/α-hetero) is 1. The van der Waals surface area contributed by atoms with Gasteiger partial charge in [-0.3, -0.25) is 4.79 Å². The summed E-state index contributed by atoms with van der Waals surface area (Å²) < 4.78 is 13.0. The number of nitrogens with zero attached hydrogens (tertiary/aromatic N) is 2. The summed E-state index contributed by atoms with van der Waals surface area (Å²) in [6.07, 6.45) is 3.40. The van der Waals surface area contributed by atoms with Gasteiger partial charge in [0.05, 0.1) is 5.56 Å². The van der Waals surface area contributed by atoms with E-state index in [9.17, 15) is 9.18 Å². The van der Waals surface area contributed by atoms with E-state index < -0.39 is 12.4 Å². The second-order valence-corrected chi connectivity index (χ2v) is 5.54. The first-order chi connectivity index (χ1) is 9.92. The van der Waals surface area contributed by atoms with Crippen molar-refractivity contribution in [1.29, 1.82) is 0 Å². The maximum Gasteiger partial charge on any atom is 0.191 e. The summed E-state index contributed by atoms with van der Waals surface area (Å²) in [6.45, 7) is 3.50. The molecule has 21 heavy (non-hydrogen) atoms. The highest BCUT2D eigenvalue weighted by Crippen LogP contribution is 2.26. The molecular formula is C16H17FN2O2. The molecule has 0 saturated heterocycles. The minimum atomic E-state index is -0.552. The van der Waals surface area contributed by atoms with Gasteiger partial charge in [-0.2, -0.15) is 0 Å². The summed E-state index contributed by atoms with van der Waals surface area (Å²) in [5.41, 5.74) is 1.03. The molecule has 1 aromatic carbocycles. The number of ketones is 1. The second kappa shape index (κ2) is 6.10. The molecule has 4 nitrogen and oxygen atoms in total. The zero-order valence-electron chi connectivity index (χ0n) is 12.0. The van der Waals surface area contributed by atoms with Crippen molar-refractivity contribution in [3.8, 4) is 0 Å². The van der Waals surface area contributed by atoms with Crippen LogP contribution in [0.4, 0.5) is 4.39 Å². The molecule has 0 fully saturated rings. The van der Waals surface area contributed by atoms with Crippen molar-refractivity contribution in [3.05, 3.63) is 59.4 Å². The number of aromatic nitrogens is 2. The fraction of sp³-hybridized carbons (Fsp3) is 0.312. The molecule has 2 rings (SSSR count). The van der Waals surface area contributed by atoms with Crippen molar-refractivity contribution in [1.82, 2.24) is 9.97 Å². The fourth-order valence-electron chi connectivity index (χ4n) is 2.08. The highest BCUT2D eigenvalue weighted by atomic mass is 19.1. The molecule has 0 spiro atoms. The van der Waals surface area contributed by atoms with Crippen LogP contribution in [0.25, 0.3) is 0 Å². The van der Waals surface area contributed by atoms with Crippen molar-refractivity contribution >= 4 is 5.78 Å². The van der Waals surface area contributed by atoms with Crippen LogP contribution >= 0.6 is 0 Å². The van der Waals surface area contributed by atoms with Crippen molar-refractivity contribution in [3.63, 3.8) is 0 Å². The molecule has 0 bridgehead atoms. The Morgan fingerprint density at radius 2 is 1.76 bits per heavy atom. The Bertz CT molecular complexity index is 622. The van der Waals surface area contributed by atoms with E-state index in [4.69, 9.17) is 5.11 Å². The molecule has 0 unspecified atom stereocenters. The molecule has 110 valence electrons. The lowest BCUT2D eigenvalue weighted by Crippen LogP contribution is -2.22. The number of rotatable bonds is 5. The predicted molar refractivity (Wildman–Crippen MR) is 76.6 cm³/mol. The number of carbonyl (C=O) groups is 1. The highest BCUT2D eigenvalue weighted by Gasteiger charge is 2.22. The number of hydrogen-bond donors (Lipinski definition) is 1. The highest BCUT2D eigenvalue weighted by molar-refractivity contribution is 5.96. The Balaban J connectivity index is 2.16. The third kappa shape index (κ3) is 3.70. The zero-order valence-corrected chi connectivity index (χ0v) is 12.0. The number of aliphatic hydroxyl groups is 1.